The SMILES string of the molecule is CNC1CCCN(CC(C)C(=O)OCc2ccccc2)C1. The van der Waals surface area contributed by atoms with Gasteiger partial charge in [0.25, 0.3) is 0 Å². The molecule has 116 valence electrons. The van der Waals surface area contributed by atoms with Gasteiger partial charge >= 0.3 is 5.97 Å². The van der Waals surface area contributed by atoms with E-state index in [9.17, 15) is 4.79 Å². The second kappa shape index (κ2) is 8.15. The molecule has 0 aliphatic carbocycles. The smallest absolute Gasteiger partial charge is 0.310 e. The Morgan fingerprint density at radius 2 is 2.19 bits per heavy atom. The maximum atomic E-state index is 12.1. The van der Waals surface area contributed by atoms with Crippen molar-refractivity contribution >= 4 is 5.97 Å². The summed E-state index contributed by atoms with van der Waals surface area (Å²) in [6.07, 6.45) is 2.41. The number of hydrogen-bond acceptors (Lipinski definition) is 4. The fourth-order valence-corrected chi connectivity index (χ4v) is 2.79. The number of likely N-dealkylation sites (tertiary alicyclic amines) is 1. The molecular weight excluding hydrogens is 264 g/mol. The summed E-state index contributed by atoms with van der Waals surface area (Å²) in [6.45, 7) is 5.20. The van der Waals surface area contributed by atoms with Gasteiger partial charge in [0.1, 0.15) is 6.61 Å². The van der Waals surface area contributed by atoms with Crippen LogP contribution in [0.4, 0.5) is 0 Å². The molecular formula is C17H26N2O2. The summed E-state index contributed by atoms with van der Waals surface area (Å²) in [6, 6.07) is 10.4. The lowest BCUT2D eigenvalue weighted by Gasteiger charge is -2.33. The Kier molecular flexibility index (Phi) is 6.21. The molecule has 2 rings (SSSR count). The quantitative estimate of drug-likeness (QED) is 0.814. The molecule has 1 aromatic rings. The maximum Gasteiger partial charge on any atom is 0.310 e. The largest absolute Gasteiger partial charge is 0.461 e. The van der Waals surface area contributed by atoms with E-state index in [2.05, 4.69) is 10.2 Å². The van der Waals surface area contributed by atoms with Gasteiger partial charge in [0, 0.05) is 19.1 Å². The van der Waals surface area contributed by atoms with Crippen LogP contribution < -0.4 is 5.32 Å². The van der Waals surface area contributed by atoms with Crippen LogP contribution >= 0.6 is 0 Å². The lowest BCUT2D eigenvalue weighted by molar-refractivity contribution is -0.150. The van der Waals surface area contributed by atoms with Gasteiger partial charge in [0.2, 0.25) is 0 Å². The third-order valence-electron chi connectivity index (χ3n) is 4.07. The van der Waals surface area contributed by atoms with E-state index in [0.29, 0.717) is 12.6 Å². The first-order chi connectivity index (χ1) is 10.2. The minimum Gasteiger partial charge on any atom is -0.461 e. The Morgan fingerprint density at radius 3 is 2.90 bits per heavy atom. The molecule has 0 radical (unpaired) electrons. The van der Waals surface area contributed by atoms with Crippen LogP contribution in [0.25, 0.3) is 0 Å². The van der Waals surface area contributed by atoms with Crippen molar-refractivity contribution < 1.29 is 9.53 Å². The predicted molar refractivity (Wildman–Crippen MR) is 83.9 cm³/mol. The van der Waals surface area contributed by atoms with Crippen molar-refractivity contribution in [2.24, 2.45) is 5.92 Å². The summed E-state index contributed by atoms with van der Waals surface area (Å²) in [5.74, 6) is -0.185. The highest BCUT2D eigenvalue weighted by molar-refractivity contribution is 5.72. The molecule has 1 heterocycles. The van der Waals surface area contributed by atoms with E-state index in [-0.39, 0.29) is 11.9 Å². The molecule has 1 N–H and O–H groups in total. The number of carbonyl (C=O) groups excluding carboxylic acids is 1. The molecule has 4 nitrogen and oxygen atoms in total. The summed E-state index contributed by atoms with van der Waals surface area (Å²) in [7, 11) is 2.01. The first kappa shape index (κ1) is 16.0. The Hall–Kier alpha value is -1.39. The second-order valence-corrected chi connectivity index (χ2v) is 5.88. The minimum atomic E-state index is -0.106. The van der Waals surface area contributed by atoms with Crippen molar-refractivity contribution in [1.82, 2.24) is 10.2 Å². The number of benzene rings is 1. The molecule has 21 heavy (non-hydrogen) atoms. The summed E-state index contributed by atoms with van der Waals surface area (Å²) in [5.41, 5.74) is 1.03. The number of nitrogens with one attached hydrogen (secondary N) is 1. The molecule has 0 spiro atoms. The Labute approximate surface area is 127 Å². The van der Waals surface area contributed by atoms with E-state index in [0.717, 1.165) is 25.2 Å². The monoisotopic (exact) mass is 290 g/mol. The van der Waals surface area contributed by atoms with E-state index < -0.39 is 0 Å². The van der Waals surface area contributed by atoms with Crippen LogP contribution in [-0.2, 0) is 16.1 Å². The Bertz CT molecular complexity index is 436. The zero-order valence-corrected chi connectivity index (χ0v) is 13.0. The third-order valence-corrected chi connectivity index (χ3v) is 4.07. The molecule has 4 heteroatoms. The molecule has 1 saturated heterocycles. The van der Waals surface area contributed by atoms with E-state index >= 15 is 0 Å². The lowest BCUT2D eigenvalue weighted by Crippen LogP contribution is -2.46. The van der Waals surface area contributed by atoms with Crippen LogP contribution in [-0.4, -0.2) is 43.6 Å². The summed E-state index contributed by atoms with van der Waals surface area (Å²) >= 11 is 0. The van der Waals surface area contributed by atoms with Crippen LogP contribution in [0.1, 0.15) is 25.3 Å². The Balaban J connectivity index is 1.74. The third kappa shape index (κ3) is 5.14. The number of carbonyl (C=O) groups is 1. The fourth-order valence-electron chi connectivity index (χ4n) is 2.79. The normalized spacial score (nSPS) is 21.0. The van der Waals surface area contributed by atoms with E-state index in [1.165, 1.54) is 12.8 Å². The standard InChI is InChI=1S/C17H26N2O2/c1-14(11-19-10-6-9-16(12-19)18-2)17(20)21-13-15-7-4-3-5-8-15/h3-5,7-8,14,16,18H,6,9-13H2,1-2H3. The zero-order valence-electron chi connectivity index (χ0n) is 13.0. The fraction of sp³-hybridized carbons (Fsp3) is 0.588. The van der Waals surface area contributed by atoms with Gasteiger partial charge in [0.15, 0.2) is 0 Å². The zero-order chi connectivity index (χ0) is 15.1. The van der Waals surface area contributed by atoms with Gasteiger partial charge in [0.05, 0.1) is 5.92 Å². The minimum absolute atomic E-state index is 0.0793. The predicted octanol–water partition coefficient (Wildman–Crippen LogP) is 2.05. The molecule has 0 amide bonds. The number of likely N-dealkylation sites (N-methyl/N-ethyl adjacent to an activating group) is 1. The Morgan fingerprint density at radius 1 is 1.43 bits per heavy atom. The van der Waals surface area contributed by atoms with Gasteiger partial charge < -0.3 is 15.0 Å². The van der Waals surface area contributed by atoms with E-state index in [1.807, 2.05) is 44.3 Å². The average Bonchev–Trinajstić information content (AvgIpc) is 2.53. The highest BCUT2D eigenvalue weighted by Crippen LogP contribution is 2.13. The molecule has 2 unspecified atom stereocenters. The molecule has 0 saturated carbocycles. The first-order valence-corrected chi connectivity index (χ1v) is 7.79. The summed E-state index contributed by atoms with van der Waals surface area (Å²) in [4.78, 5) is 14.4. The van der Waals surface area contributed by atoms with Gasteiger partial charge in [-0.3, -0.25) is 4.79 Å². The molecule has 2 atom stereocenters. The van der Waals surface area contributed by atoms with Crippen molar-refractivity contribution in [3.63, 3.8) is 0 Å². The molecule has 1 aliphatic heterocycles. The van der Waals surface area contributed by atoms with Crippen LogP contribution in [0.15, 0.2) is 30.3 Å². The topological polar surface area (TPSA) is 41.6 Å². The number of nitrogens with zero attached hydrogens (tertiary/aromatic N) is 1. The van der Waals surface area contributed by atoms with Crippen molar-refractivity contribution in [2.75, 3.05) is 26.7 Å². The number of ether oxygens (including phenoxy) is 1. The van der Waals surface area contributed by atoms with Crippen molar-refractivity contribution in [3.8, 4) is 0 Å². The second-order valence-electron chi connectivity index (χ2n) is 5.88. The molecule has 1 aliphatic rings. The first-order valence-electron chi connectivity index (χ1n) is 7.79. The van der Waals surface area contributed by atoms with E-state index in [4.69, 9.17) is 4.74 Å². The molecule has 0 bridgehead atoms. The highest BCUT2D eigenvalue weighted by Gasteiger charge is 2.23. The van der Waals surface area contributed by atoms with Gasteiger partial charge in [-0.2, -0.15) is 0 Å². The van der Waals surface area contributed by atoms with Gasteiger partial charge in [-0.25, -0.2) is 0 Å². The number of hydrogen-bond donors (Lipinski definition) is 1. The van der Waals surface area contributed by atoms with Crippen LogP contribution in [0.2, 0.25) is 0 Å². The number of piperidine rings is 1. The van der Waals surface area contributed by atoms with Gasteiger partial charge in [-0.1, -0.05) is 37.3 Å². The van der Waals surface area contributed by atoms with Crippen LogP contribution in [0, 0.1) is 5.92 Å². The van der Waals surface area contributed by atoms with Gasteiger partial charge in [-0.05, 0) is 32.0 Å². The van der Waals surface area contributed by atoms with Gasteiger partial charge in [-0.15, -0.1) is 0 Å². The summed E-state index contributed by atoms with van der Waals surface area (Å²) < 4.78 is 5.40. The van der Waals surface area contributed by atoms with Crippen LogP contribution in [0.5, 0.6) is 0 Å². The van der Waals surface area contributed by atoms with Crippen molar-refractivity contribution in [2.45, 2.75) is 32.4 Å². The van der Waals surface area contributed by atoms with Crippen LogP contribution in [0.3, 0.4) is 0 Å². The van der Waals surface area contributed by atoms with E-state index in [1.54, 1.807) is 0 Å². The van der Waals surface area contributed by atoms with Crippen molar-refractivity contribution in [3.05, 3.63) is 35.9 Å². The molecule has 0 aromatic heterocycles. The average molecular weight is 290 g/mol. The summed E-state index contributed by atoms with van der Waals surface area (Å²) in [5, 5.41) is 3.33. The lowest BCUT2D eigenvalue weighted by atomic mass is 10.0. The van der Waals surface area contributed by atoms with Crippen molar-refractivity contribution in [1.29, 1.82) is 0 Å². The number of rotatable bonds is 6. The molecule has 1 fully saturated rings. The highest BCUT2D eigenvalue weighted by atomic mass is 16.5. The molecule has 1 aromatic carbocycles. The number of esters is 1. The maximum absolute atomic E-state index is 12.1.